The van der Waals surface area contributed by atoms with Crippen LogP contribution in [0.25, 0.3) is 0 Å². The predicted molar refractivity (Wildman–Crippen MR) is 139 cm³/mol. The van der Waals surface area contributed by atoms with E-state index in [9.17, 15) is 9.59 Å². The fourth-order valence-corrected chi connectivity index (χ4v) is 3.74. The van der Waals surface area contributed by atoms with Crippen LogP contribution >= 0.6 is 11.6 Å². The summed E-state index contributed by atoms with van der Waals surface area (Å²) < 4.78 is 13.2. The summed E-state index contributed by atoms with van der Waals surface area (Å²) in [6.07, 6.45) is 1.69. The number of nitrogens with zero attached hydrogens (tertiary/aromatic N) is 2. The van der Waals surface area contributed by atoms with Crippen molar-refractivity contribution >= 4 is 34.8 Å². The monoisotopic (exact) mass is 506 g/mol. The first-order valence-corrected chi connectivity index (χ1v) is 11.8. The van der Waals surface area contributed by atoms with Gasteiger partial charge in [-0.25, -0.2) is 0 Å². The summed E-state index contributed by atoms with van der Waals surface area (Å²) in [5.41, 5.74) is 3.26. The molecule has 36 heavy (non-hydrogen) atoms. The maximum Gasteiger partial charge on any atom is 0.291 e. The molecule has 4 rings (SSSR count). The molecule has 8 nitrogen and oxygen atoms in total. The molecule has 2 aromatic heterocycles. The molecule has 0 bridgehead atoms. The topological polar surface area (TPSA) is 98.4 Å². The van der Waals surface area contributed by atoms with Gasteiger partial charge in [0, 0.05) is 29.6 Å². The second-order valence-corrected chi connectivity index (χ2v) is 9.12. The summed E-state index contributed by atoms with van der Waals surface area (Å²) in [7, 11) is 1.74. The lowest BCUT2D eigenvalue weighted by atomic mass is 10.0. The number of amides is 2. The molecular weight excluding hydrogens is 480 g/mol. The zero-order valence-electron chi connectivity index (χ0n) is 20.5. The molecule has 0 spiro atoms. The van der Waals surface area contributed by atoms with Crippen LogP contribution in [0.15, 0.2) is 65.2 Å². The number of anilines is 2. The quantitative estimate of drug-likeness (QED) is 0.297. The summed E-state index contributed by atoms with van der Waals surface area (Å²) in [5, 5.41) is 10.3. The van der Waals surface area contributed by atoms with Gasteiger partial charge in [0.05, 0.1) is 0 Å². The number of carbonyl (C=O) groups is 2. The van der Waals surface area contributed by atoms with E-state index in [1.807, 2.05) is 19.1 Å². The van der Waals surface area contributed by atoms with Gasteiger partial charge in [0.25, 0.3) is 11.8 Å². The van der Waals surface area contributed by atoms with E-state index in [0.717, 1.165) is 16.9 Å². The molecule has 0 aliphatic rings. The lowest BCUT2D eigenvalue weighted by Crippen LogP contribution is -2.14. The summed E-state index contributed by atoms with van der Waals surface area (Å²) in [4.78, 5) is 25.1. The van der Waals surface area contributed by atoms with Gasteiger partial charge >= 0.3 is 0 Å². The molecule has 0 atom stereocenters. The van der Waals surface area contributed by atoms with E-state index in [0.29, 0.717) is 27.9 Å². The summed E-state index contributed by atoms with van der Waals surface area (Å²) in [5.74, 6) is 0.872. The van der Waals surface area contributed by atoms with Crippen LogP contribution in [0.1, 0.15) is 57.7 Å². The minimum Gasteiger partial charge on any atom is -0.485 e. The van der Waals surface area contributed by atoms with E-state index in [4.69, 9.17) is 20.8 Å². The van der Waals surface area contributed by atoms with Gasteiger partial charge in [0.15, 0.2) is 11.5 Å². The van der Waals surface area contributed by atoms with Crippen LogP contribution in [0, 0.1) is 6.92 Å². The van der Waals surface area contributed by atoms with Crippen LogP contribution in [-0.2, 0) is 13.7 Å². The zero-order valence-corrected chi connectivity index (χ0v) is 21.2. The largest absolute Gasteiger partial charge is 0.485 e. The van der Waals surface area contributed by atoms with Crippen LogP contribution in [0.4, 0.5) is 11.4 Å². The minimum absolute atomic E-state index is 0.146. The predicted octanol–water partition coefficient (Wildman–Crippen LogP) is 6.18. The number of carbonyl (C=O) groups excluding carboxylic acids is 2. The zero-order chi connectivity index (χ0) is 25.8. The Morgan fingerprint density at radius 3 is 2.44 bits per heavy atom. The van der Waals surface area contributed by atoms with E-state index >= 15 is 0 Å². The number of ether oxygens (including phenoxy) is 1. The standard InChI is InChI=1S/C27H27ClN4O4/c1-16(2)21-14-22(28)17(3)12-25(21)35-15-20-8-9-24(36-20)27(34)30-19-7-5-6-18(13-19)29-26(33)23-10-11-32(4)31-23/h5-14,16H,15H2,1-4H3,(H,29,33)(H,30,34). The number of rotatable bonds is 8. The Morgan fingerprint density at radius 1 is 1.06 bits per heavy atom. The van der Waals surface area contributed by atoms with E-state index in [2.05, 4.69) is 29.6 Å². The second kappa shape index (κ2) is 10.7. The molecule has 186 valence electrons. The fraction of sp³-hybridized carbons (Fsp3) is 0.222. The maximum atomic E-state index is 12.7. The highest BCUT2D eigenvalue weighted by Gasteiger charge is 2.15. The van der Waals surface area contributed by atoms with Crippen LogP contribution < -0.4 is 15.4 Å². The summed E-state index contributed by atoms with van der Waals surface area (Å²) in [6.45, 7) is 6.24. The summed E-state index contributed by atoms with van der Waals surface area (Å²) in [6, 6.07) is 15.6. The second-order valence-electron chi connectivity index (χ2n) is 8.71. The Bertz CT molecular complexity index is 1410. The third-order valence-corrected chi connectivity index (χ3v) is 5.90. The first-order chi connectivity index (χ1) is 17.2. The van der Waals surface area contributed by atoms with Crippen LogP contribution in [0.5, 0.6) is 5.75 Å². The van der Waals surface area contributed by atoms with E-state index in [1.165, 1.54) is 0 Å². The lowest BCUT2D eigenvalue weighted by molar-refractivity contribution is 0.0991. The Labute approximate surface area is 214 Å². The van der Waals surface area contributed by atoms with Crippen molar-refractivity contribution in [3.63, 3.8) is 0 Å². The van der Waals surface area contributed by atoms with Crippen LogP contribution in [0.3, 0.4) is 0 Å². The van der Waals surface area contributed by atoms with Gasteiger partial charge in [-0.15, -0.1) is 0 Å². The number of aromatic nitrogens is 2. The Morgan fingerprint density at radius 2 is 1.78 bits per heavy atom. The van der Waals surface area contributed by atoms with Crippen molar-refractivity contribution in [3.8, 4) is 5.75 Å². The SMILES string of the molecule is Cc1cc(OCc2ccc(C(=O)Nc3cccc(NC(=O)c4ccn(C)n4)c3)o2)c(C(C)C)cc1Cl. The van der Waals surface area contributed by atoms with Crippen molar-refractivity contribution < 1.29 is 18.7 Å². The van der Waals surface area contributed by atoms with Crippen molar-refractivity contribution in [1.82, 2.24) is 9.78 Å². The number of hydrogen-bond donors (Lipinski definition) is 2. The number of aryl methyl sites for hydroxylation is 2. The Balaban J connectivity index is 1.38. The van der Waals surface area contributed by atoms with E-state index < -0.39 is 5.91 Å². The van der Waals surface area contributed by atoms with Crippen LogP contribution in [0.2, 0.25) is 5.02 Å². The van der Waals surface area contributed by atoms with Crippen LogP contribution in [-0.4, -0.2) is 21.6 Å². The van der Waals surface area contributed by atoms with Crippen molar-refractivity contribution in [2.75, 3.05) is 10.6 Å². The van der Waals surface area contributed by atoms with Crippen molar-refractivity contribution in [2.24, 2.45) is 7.05 Å². The molecule has 9 heteroatoms. The minimum atomic E-state index is -0.417. The molecule has 0 saturated heterocycles. The molecule has 0 unspecified atom stereocenters. The molecule has 0 aliphatic heterocycles. The van der Waals surface area contributed by atoms with Crippen molar-refractivity contribution in [2.45, 2.75) is 33.3 Å². The van der Waals surface area contributed by atoms with E-state index in [-0.39, 0.29) is 24.2 Å². The average molecular weight is 507 g/mol. The molecule has 0 radical (unpaired) electrons. The first kappa shape index (κ1) is 25.1. The average Bonchev–Trinajstić information content (AvgIpc) is 3.49. The third-order valence-electron chi connectivity index (χ3n) is 5.49. The van der Waals surface area contributed by atoms with Crippen molar-refractivity contribution in [1.29, 1.82) is 0 Å². The normalized spacial score (nSPS) is 10.9. The molecular formula is C27H27ClN4O4. The van der Waals surface area contributed by atoms with Gasteiger partial charge in [-0.2, -0.15) is 5.10 Å². The molecule has 0 aliphatic carbocycles. The molecule has 0 fully saturated rings. The first-order valence-electron chi connectivity index (χ1n) is 11.4. The molecule has 2 heterocycles. The molecule has 2 N–H and O–H groups in total. The van der Waals surface area contributed by atoms with Gasteiger partial charge in [0.2, 0.25) is 0 Å². The van der Waals surface area contributed by atoms with Gasteiger partial charge < -0.3 is 19.8 Å². The van der Waals surface area contributed by atoms with Gasteiger partial charge in [0.1, 0.15) is 18.1 Å². The summed E-state index contributed by atoms with van der Waals surface area (Å²) >= 11 is 6.27. The van der Waals surface area contributed by atoms with Crippen molar-refractivity contribution in [3.05, 3.63) is 94.2 Å². The number of benzene rings is 2. The number of hydrogen-bond acceptors (Lipinski definition) is 5. The maximum absolute atomic E-state index is 12.7. The Hall–Kier alpha value is -4.04. The number of nitrogens with one attached hydrogen (secondary N) is 2. The fourth-order valence-electron chi connectivity index (χ4n) is 3.57. The van der Waals surface area contributed by atoms with Gasteiger partial charge in [-0.1, -0.05) is 31.5 Å². The smallest absolute Gasteiger partial charge is 0.291 e. The van der Waals surface area contributed by atoms with Gasteiger partial charge in [-0.3, -0.25) is 14.3 Å². The molecule has 2 amide bonds. The number of furan rings is 1. The molecule has 0 saturated carbocycles. The highest BCUT2D eigenvalue weighted by Crippen LogP contribution is 2.32. The molecule has 4 aromatic rings. The molecule has 2 aromatic carbocycles. The highest BCUT2D eigenvalue weighted by molar-refractivity contribution is 6.31. The van der Waals surface area contributed by atoms with Gasteiger partial charge in [-0.05, 0) is 72.5 Å². The number of halogens is 1. The van der Waals surface area contributed by atoms with E-state index in [1.54, 1.807) is 60.4 Å². The third kappa shape index (κ3) is 5.95. The lowest BCUT2D eigenvalue weighted by Gasteiger charge is -2.15. The highest BCUT2D eigenvalue weighted by atomic mass is 35.5. The Kier molecular flexibility index (Phi) is 7.45.